The number of carbonyl (C=O) groups is 1. The van der Waals surface area contributed by atoms with Crippen LogP contribution in [0.4, 0.5) is 10.5 Å². The smallest absolute Gasteiger partial charge is 0.410 e. The van der Waals surface area contributed by atoms with Gasteiger partial charge in [-0.3, -0.25) is 4.79 Å². The van der Waals surface area contributed by atoms with Crippen LogP contribution in [-0.2, 0) is 4.74 Å². The molecule has 7 heteroatoms. The number of hydrogen-bond acceptors (Lipinski definition) is 5. The average molecular weight is 388 g/mol. The largest absolute Gasteiger partial charge is 0.444 e. The summed E-state index contributed by atoms with van der Waals surface area (Å²) in [6, 6.07) is 7.98. The highest BCUT2D eigenvalue weighted by Crippen LogP contribution is 2.23. The fourth-order valence-electron chi connectivity index (χ4n) is 2.98. The minimum atomic E-state index is -0.490. The second-order valence-electron chi connectivity index (χ2n) is 7.50. The number of para-hydroxylation sites is 1. The summed E-state index contributed by atoms with van der Waals surface area (Å²) >= 11 is 1.35. The Morgan fingerprint density at radius 1 is 1.22 bits per heavy atom. The number of rotatable bonds is 2. The first-order chi connectivity index (χ1) is 12.7. The van der Waals surface area contributed by atoms with Crippen molar-refractivity contribution in [1.82, 2.24) is 9.88 Å². The Morgan fingerprint density at radius 2 is 1.89 bits per heavy atom. The quantitative estimate of drug-likeness (QED) is 0.852. The van der Waals surface area contributed by atoms with Crippen LogP contribution in [0.5, 0.6) is 0 Å². The molecule has 1 saturated heterocycles. The Morgan fingerprint density at radius 3 is 2.48 bits per heavy atom. The molecular weight excluding hydrogens is 362 g/mol. The van der Waals surface area contributed by atoms with Crippen molar-refractivity contribution < 1.29 is 9.53 Å². The topological polar surface area (TPSA) is 65.6 Å². The van der Waals surface area contributed by atoms with Crippen molar-refractivity contribution in [2.45, 2.75) is 26.4 Å². The summed E-state index contributed by atoms with van der Waals surface area (Å²) in [5.41, 5.74) is 1.43. The monoisotopic (exact) mass is 387 g/mol. The number of ether oxygens (including phenoxy) is 1. The van der Waals surface area contributed by atoms with Gasteiger partial charge in [-0.05, 0) is 38.5 Å². The fraction of sp³-hybridized carbons (Fsp3) is 0.400. The molecule has 2 aromatic rings. The highest BCUT2D eigenvalue weighted by molar-refractivity contribution is 7.07. The number of carbonyl (C=O) groups excluding carboxylic acids is 1. The van der Waals surface area contributed by atoms with Gasteiger partial charge in [-0.2, -0.15) is 0 Å². The van der Waals surface area contributed by atoms with Crippen molar-refractivity contribution in [2.24, 2.45) is 0 Å². The van der Waals surface area contributed by atoms with Gasteiger partial charge < -0.3 is 19.5 Å². The molecule has 0 atom stereocenters. The van der Waals surface area contributed by atoms with E-state index in [-0.39, 0.29) is 11.7 Å². The zero-order valence-electron chi connectivity index (χ0n) is 15.9. The summed E-state index contributed by atoms with van der Waals surface area (Å²) in [7, 11) is 0. The van der Waals surface area contributed by atoms with Crippen molar-refractivity contribution in [2.75, 3.05) is 31.1 Å². The van der Waals surface area contributed by atoms with Crippen LogP contribution in [0.25, 0.3) is 12.7 Å². The van der Waals surface area contributed by atoms with E-state index < -0.39 is 5.60 Å². The fourth-order valence-corrected chi connectivity index (χ4v) is 3.72. The number of hydrogen-bond donors (Lipinski definition) is 1. The maximum absolute atomic E-state index is 12.2. The van der Waals surface area contributed by atoms with Gasteiger partial charge in [0, 0.05) is 31.9 Å². The molecule has 1 aliphatic rings. The second kappa shape index (κ2) is 7.60. The van der Waals surface area contributed by atoms with E-state index in [4.69, 9.17) is 4.74 Å². The van der Waals surface area contributed by atoms with Crippen LogP contribution in [-0.4, -0.2) is 47.8 Å². The Labute approximate surface area is 162 Å². The molecule has 3 rings (SSSR count). The molecule has 1 aromatic carbocycles. The number of anilines is 1. The zero-order chi connectivity index (χ0) is 19.6. The third-order valence-electron chi connectivity index (χ3n) is 4.21. The van der Waals surface area contributed by atoms with E-state index in [1.165, 1.54) is 11.3 Å². The minimum absolute atomic E-state index is 0.116. The van der Waals surface area contributed by atoms with Gasteiger partial charge in [0.15, 0.2) is 0 Å². The number of nitrogens with one attached hydrogen (secondary N) is 1. The van der Waals surface area contributed by atoms with E-state index in [9.17, 15) is 9.59 Å². The van der Waals surface area contributed by atoms with Gasteiger partial charge in [0.2, 0.25) is 0 Å². The Balaban J connectivity index is 1.77. The summed E-state index contributed by atoms with van der Waals surface area (Å²) in [5.74, 6) is 0. The van der Waals surface area contributed by atoms with E-state index in [2.05, 4.69) is 16.5 Å². The molecule has 1 N–H and O–H groups in total. The van der Waals surface area contributed by atoms with Crippen LogP contribution in [0.1, 0.15) is 26.3 Å². The number of aromatic amines is 1. The predicted molar refractivity (Wildman–Crippen MR) is 110 cm³/mol. The van der Waals surface area contributed by atoms with E-state index >= 15 is 0 Å². The summed E-state index contributed by atoms with van der Waals surface area (Å²) in [5, 5.41) is 0. The number of piperazine rings is 1. The molecule has 1 fully saturated rings. The van der Waals surface area contributed by atoms with E-state index in [0.29, 0.717) is 35.4 Å². The molecule has 2 heterocycles. The van der Waals surface area contributed by atoms with Gasteiger partial charge in [-0.25, -0.2) is 4.79 Å². The summed E-state index contributed by atoms with van der Waals surface area (Å²) in [6.45, 7) is 12.0. The summed E-state index contributed by atoms with van der Waals surface area (Å²) < 4.78 is 6.74. The molecule has 6 nitrogen and oxygen atoms in total. The molecule has 1 aromatic heterocycles. The van der Waals surface area contributed by atoms with Crippen LogP contribution in [0.15, 0.2) is 29.1 Å². The molecule has 1 amide bonds. The maximum Gasteiger partial charge on any atom is 0.410 e. The maximum atomic E-state index is 12.2. The Hall–Kier alpha value is -2.54. The molecule has 27 heavy (non-hydrogen) atoms. The standard InChI is InChI=1S/C20H25N3O3S/c1-14-21-18(24)17(27-14)13-15-7-5-6-8-16(15)22-9-11-23(12-10-22)19(25)26-20(2,3)4/h5-8,13H,1,9-12H2,2-4H3,(H,21,24)/b17-13-. The highest BCUT2D eigenvalue weighted by atomic mass is 32.1. The molecule has 0 radical (unpaired) electrons. The van der Waals surface area contributed by atoms with Crippen molar-refractivity contribution >= 4 is 35.8 Å². The molecule has 0 saturated carbocycles. The first-order valence-electron chi connectivity index (χ1n) is 8.95. The predicted octanol–water partition coefficient (Wildman–Crippen LogP) is 1.73. The lowest BCUT2D eigenvalue weighted by Crippen LogP contribution is -2.50. The first kappa shape index (κ1) is 19.2. The van der Waals surface area contributed by atoms with Crippen LogP contribution in [0.3, 0.4) is 0 Å². The van der Waals surface area contributed by atoms with Crippen molar-refractivity contribution in [3.05, 3.63) is 49.4 Å². The molecule has 0 bridgehead atoms. The third-order valence-corrected chi connectivity index (χ3v) is 5.08. The van der Waals surface area contributed by atoms with Gasteiger partial charge in [-0.15, -0.1) is 11.3 Å². The van der Waals surface area contributed by atoms with Crippen molar-refractivity contribution in [3.8, 4) is 0 Å². The van der Waals surface area contributed by atoms with Gasteiger partial charge in [-0.1, -0.05) is 24.8 Å². The van der Waals surface area contributed by atoms with Crippen LogP contribution in [0, 0.1) is 0 Å². The lowest BCUT2D eigenvalue weighted by molar-refractivity contribution is 0.0240. The third kappa shape index (κ3) is 4.80. The number of amides is 1. The Bertz CT molecular complexity index is 979. The van der Waals surface area contributed by atoms with Crippen LogP contribution in [0.2, 0.25) is 0 Å². The van der Waals surface area contributed by atoms with E-state index in [0.717, 1.165) is 11.3 Å². The normalized spacial score (nSPS) is 15.9. The van der Waals surface area contributed by atoms with Gasteiger partial charge in [0.25, 0.3) is 5.56 Å². The molecule has 0 aliphatic carbocycles. The Kier molecular flexibility index (Phi) is 5.41. The molecule has 0 spiro atoms. The highest BCUT2D eigenvalue weighted by Gasteiger charge is 2.26. The van der Waals surface area contributed by atoms with Gasteiger partial charge in [0.1, 0.15) is 5.60 Å². The number of aromatic nitrogens is 1. The summed E-state index contributed by atoms with van der Waals surface area (Å²) in [6.07, 6.45) is 1.63. The summed E-state index contributed by atoms with van der Waals surface area (Å²) in [4.78, 5) is 30.9. The number of H-pyrrole nitrogens is 1. The second-order valence-corrected chi connectivity index (χ2v) is 8.64. The average Bonchev–Trinajstić information content (AvgIpc) is 2.91. The lowest BCUT2D eigenvalue weighted by atomic mass is 10.1. The van der Waals surface area contributed by atoms with E-state index in [1.807, 2.05) is 51.1 Å². The van der Waals surface area contributed by atoms with Crippen LogP contribution < -0.4 is 19.7 Å². The molecule has 1 aliphatic heterocycles. The zero-order valence-corrected chi connectivity index (χ0v) is 16.8. The molecular formula is C20H25N3O3S. The minimum Gasteiger partial charge on any atom is -0.444 e. The SMILES string of the molecule is C=c1[nH]c(=O)/c(=C/c2ccccc2N2CCN(C(=O)OC(C)(C)C)CC2)s1. The van der Waals surface area contributed by atoms with Crippen LogP contribution >= 0.6 is 11.3 Å². The van der Waals surface area contributed by atoms with E-state index in [1.54, 1.807) is 4.90 Å². The lowest BCUT2D eigenvalue weighted by Gasteiger charge is -2.37. The number of benzene rings is 1. The van der Waals surface area contributed by atoms with Gasteiger partial charge >= 0.3 is 6.09 Å². The van der Waals surface area contributed by atoms with Crippen molar-refractivity contribution in [1.29, 1.82) is 0 Å². The molecule has 144 valence electrons. The number of thiazole rings is 1. The van der Waals surface area contributed by atoms with Gasteiger partial charge in [0.05, 0.1) is 9.20 Å². The van der Waals surface area contributed by atoms with Crippen molar-refractivity contribution in [3.63, 3.8) is 0 Å². The first-order valence-corrected chi connectivity index (χ1v) is 9.76. The molecule has 0 unspecified atom stereocenters. The number of nitrogens with zero attached hydrogens (tertiary/aromatic N) is 2.